The average Bonchev–Trinajstić information content (AvgIpc) is 3.53. The Labute approximate surface area is 210 Å². The van der Waals surface area contributed by atoms with E-state index < -0.39 is 0 Å². The van der Waals surface area contributed by atoms with E-state index >= 15 is 0 Å². The molecule has 2 aliphatic rings. The molecule has 0 spiro atoms. The van der Waals surface area contributed by atoms with E-state index in [1.807, 2.05) is 87.5 Å². The second-order valence-corrected chi connectivity index (χ2v) is 5.48. The van der Waals surface area contributed by atoms with Crippen molar-refractivity contribution in [2.24, 2.45) is 0 Å². The first-order chi connectivity index (χ1) is 13.9. The molecule has 0 fully saturated rings. The van der Waals surface area contributed by atoms with Gasteiger partial charge in [-0.25, -0.2) is 23.3 Å². The summed E-state index contributed by atoms with van der Waals surface area (Å²) in [6.07, 6.45) is 19.3. The monoisotopic (exact) mass is 490 g/mol. The molecule has 4 rings (SSSR count). The van der Waals surface area contributed by atoms with Crippen molar-refractivity contribution in [3.8, 4) is 0 Å². The predicted octanol–water partition coefficient (Wildman–Crippen LogP) is 7.07. The van der Waals surface area contributed by atoms with Crippen LogP contribution in [0.3, 0.4) is 0 Å². The van der Waals surface area contributed by atoms with Crippen molar-refractivity contribution in [3.63, 3.8) is 0 Å². The van der Waals surface area contributed by atoms with Crippen LogP contribution in [0.2, 0.25) is 0 Å². The van der Waals surface area contributed by atoms with Crippen molar-refractivity contribution in [1.29, 1.82) is 0 Å². The standard InChI is InChI=1S/2C7H9.2C6H5.2ClH.H2Si.Ti/c2*1-2-7-5-3-4-6-7;2*1-2-4-6-5-3-1;;;;/h2*3,5H,2,4H2,1H3;2*1-5H;2*1H;1H2;/q4*-1;;;;. The first-order valence-electron chi connectivity index (χ1n) is 9.56. The van der Waals surface area contributed by atoms with Crippen LogP contribution in [0.25, 0.3) is 0 Å². The van der Waals surface area contributed by atoms with Gasteiger partial charge in [-0.2, -0.15) is 84.9 Å². The Balaban J connectivity index is -0.000000309. The molecule has 0 aromatic heterocycles. The molecule has 2 aromatic carbocycles. The van der Waals surface area contributed by atoms with E-state index in [0.29, 0.717) is 0 Å². The van der Waals surface area contributed by atoms with E-state index in [1.54, 1.807) is 0 Å². The van der Waals surface area contributed by atoms with Gasteiger partial charge in [-0.05, 0) is 0 Å². The summed E-state index contributed by atoms with van der Waals surface area (Å²) < 4.78 is 0. The third-order valence-corrected chi connectivity index (χ3v) is 3.51. The second kappa shape index (κ2) is 27.9. The van der Waals surface area contributed by atoms with Crippen LogP contribution in [0.1, 0.15) is 39.5 Å². The number of hydrogen-bond acceptors (Lipinski definition) is 0. The molecule has 0 saturated heterocycles. The number of allylic oxidation sites excluding steroid dienone is 8. The zero-order valence-corrected chi connectivity index (χ0v) is 22.5. The Morgan fingerprint density at radius 2 is 1.00 bits per heavy atom. The van der Waals surface area contributed by atoms with Crippen LogP contribution in [0, 0.1) is 24.3 Å². The van der Waals surface area contributed by atoms with E-state index in [0.717, 1.165) is 25.7 Å². The maximum Gasteiger partial charge on any atom is -0.171 e. The molecule has 0 atom stereocenters. The fourth-order valence-electron chi connectivity index (χ4n) is 2.07. The zero-order valence-electron chi connectivity index (χ0n) is 17.9. The molecule has 0 aliphatic heterocycles. The summed E-state index contributed by atoms with van der Waals surface area (Å²) in [6, 6.07) is 25.0. The van der Waals surface area contributed by atoms with E-state index in [2.05, 4.69) is 62.4 Å². The van der Waals surface area contributed by atoms with Crippen molar-refractivity contribution in [2.75, 3.05) is 0 Å². The van der Waals surface area contributed by atoms with Gasteiger partial charge in [-0.3, -0.25) is 12.2 Å². The quantitative estimate of drug-likeness (QED) is 0.311. The molecular formula is C26H32Cl2SiTi-4. The fraction of sp³-hybridized carbons (Fsp3) is 0.231. The van der Waals surface area contributed by atoms with Crippen LogP contribution in [-0.4, -0.2) is 7.63 Å². The summed E-state index contributed by atoms with van der Waals surface area (Å²) in [4.78, 5) is 0. The normalized spacial score (nSPS) is 11.5. The largest absolute Gasteiger partial charge is 0.184 e. The molecule has 0 heterocycles. The predicted molar refractivity (Wildman–Crippen MR) is 135 cm³/mol. The van der Waals surface area contributed by atoms with Gasteiger partial charge in [0.1, 0.15) is 0 Å². The van der Waals surface area contributed by atoms with Gasteiger partial charge in [0.15, 0.2) is 0 Å². The first kappa shape index (κ1) is 33.5. The summed E-state index contributed by atoms with van der Waals surface area (Å²) in [6.45, 7) is 4.30. The minimum atomic E-state index is 0. The molecule has 30 heavy (non-hydrogen) atoms. The van der Waals surface area contributed by atoms with Gasteiger partial charge in [-0.1, -0.05) is 26.7 Å². The molecular weight excluding hydrogens is 459 g/mol. The summed E-state index contributed by atoms with van der Waals surface area (Å²) in [5.41, 5.74) is 2.72. The Bertz CT molecular complexity index is 581. The van der Waals surface area contributed by atoms with Crippen LogP contribution in [-0.2, 0) is 19.2 Å². The first-order valence-corrected chi connectivity index (χ1v) is 13.6. The Kier molecular flexibility index (Phi) is 31.2. The molecule has 0 bridgehead atoms. The second-order valence-electron chi connectivity index (χ2n) is 5.48. The van der Waals surface area contributed by atoms with E-state index in [4.69, 9.17) is 0 Å². The summed E-state index contributed by atoms with van der Waals surface area (Å²) in [7, 11) is 1.86. The summed E-state index contributed by atoms with van der Waals surface area (Å²) >= 11 is 2.03. The van der Waals surface area contributed by atoms with Gasteiger partial charge in [0.2, 0.25) is 0 Å². The van der Waals surface area contributed by atoms with Crippen LogP contribution in [0.4, 0.5) is 0 Å². The maximum atomic E-state index is 3.21. The molecule has 0 amide bonds. The smallest absolute Gasteiger partial charge is 0.171 e. The van der Waals surface area contributed by atoms with Crippen molar-refractivity contribution in [2.45, 2.75) is 39.5 Å². The minimum Gasteiger partial charge on any atom is -0.184 e. The number of rotatable bonds is 2. The van der Waals surface area contributed by atoms with E-state index in [1.165, 1.54) is 11.1 Å². The minimum absolute atomic E-state index is 0. The van der Waals surface area contributed by atoms with Crippen molar-refractivity contribution < 1.29 is 19.2 Å². The van der Waals surface area contributed by atoms with Gasteiger partial charge in [-0.15, -0.1) is 37.7 Å². The molecule has 2 aliphatic carbocycles. The van der Waals surface area contributed by atoms with Gasteiger partial charge >= 0.3 is 26.8 Å². The molecule has 162 valence electrons. The topological polar surface area (TPSA) is 0 Å². The Hall–Kier alpha value is -1.09. The van der Waals surface area contributed by atoms with Crippen molar-refractivity contribution in [3.05, 3.63) is 120 Å². The number of benzene rings is 2. The third-order valence-electron chi connectivity index (χ3n) is 3.51. The van der Waals surface area contributed by atoms with Crippen LogP contribution >= 0.6 is 24.8 Å². The van der Waals surface area contributed by atoms with Crippen molar-refractivity contribution in [1.82, 2.24) is 0 Å². The summed E-state index contributed by atoms with van der Waals surface area (Å²) in [5.74, 6) is 0. The third kappa shape index (κ3) is 21.6. The molecule has 0 nitrogen and oxygen atoms in total. The molecule has 0 radical (unpaired) electrons. The molecule has 0 unspecified atom stereocenters. The Morgan fingerprint density at radius 1 is 0.667 bits per heavy atom. The number of halogens is 2. The van der Waals surface area contributed by atoms with Gasteiger partial charge < -0.3 is 0 Å². The average molecular weight is 491 g/mol. The van der Waals surface area contributed by atoms with Gasteiger partial charge in [0.05, 0.1) is 0 Å². The SMILES string of the molecule is CCC1=[C-]CC=C1.CCC1=[C-]CC=C1.Cl.Cl.[SiH2]=[Ti].[c-]1ccccc1.[c-]1ccccc1. The van der Waals surface area contributed by atoms with Crippen LogP contribution in [0.15, 0.2) is 96.1 Å². The van der Waals surface area contributed by atoms with Crippen LogP contribution in [0.5, 0.6) is 0 Å². The molecule has 4 heteroatoms. The Morgan fingerprint density at radius 3 is 1.10 bits per heavy atom. The fourth-order valence-corrected chi connectivity index (χ4v) is 2.07. The van der Waals surface area contributed by atoms with Gasteiger partial charge in [0, 0.05) is 0 Å². The van der Waals surface area contributed by atoms with Crippen molar-refractivity contribution >= 4 is 32.4 Å². The molecule has 0 saturated carbocycles. The van der Waals surface area contributed by atoms with E-state index in [9.17, 15) is 0 Å². The summed E-state index contributed by atoms with van der Waals surface area (Å²) in [5, 5.41) is 0. The van der Waals surface area contributed by atoms with Crippen LogP contribution < -0.4 is 0 Å². The van der Waals surface area contributed by atoms with Gasteiger partial charge in [0.25, 0.3) is 0 Å². The maximum absolute atomic E-state index is 3.21. The zero-order chi connectivity index (χ0) is 20.7. The van der Waals surface area contributed by atoms with E-state index in [-0.39, 0.29) is 24.8 Å². The molecule has 0 N–H and O–H groups in total. The molecule has 2 aromatic rings. The number of hydrogen-bond donors (Lipinski definition) is 0.